The molecule has 0 spiro atoms. The predicted octanol–water partition coefficient (Wildman–Crippen LogP) is 4.12. The molecule has 0 unspecified atom stereocenters. The van der Waals surface area contributed by atoms with Crippen LogP contribution >= 0.6 is 24.0 Å². The highest BCUT2D eigenvalue weighted by Crippen LogP contribution is 2.22. The fraction of sp³-hybridized carbons (Fsp3) is 0.579. The van der Waals surface area contributed by atoms with Gasteiger partial charge in [-0.15, -0.1) is 24.0 Å². The lowest BCUT2D eigenvalue weighted by atomic mass is 9.94. The zero-order valence-electron chi connectivity index (χ0n) is 16.3. The predicted molar refractivity (Wildman–Crippen MR) is 115 cm³/mol. The monoisotopic (exact) mass is 474 g/mol. The Morgan fingerprint density at radius 2 is 2.04 bits per heavy atom. The second kappa shape index (κ2) is 10.6. The van der Waals surface area contributed by atoms with Crippen LogP contribution in [0.1, 0.15) is 52.0 Å². The van der Waals surface area contributed by atoms with Crippen LogP contribution in [0.25, 0.3) is 0 Å². The summed E-state index contributed by atoms with van der Waals surface area (Å²) in [7, 11) is 0. The largest absolute Gasteiger partial charge is 0.469 e. The molecule has 0 aromatic carbocycles. The molecule has 0 fully saturated rings. The molecule has 26 heavy (non-hydrogen) atoms. The van der Waals surface area contributed by atoms with Crippen molar-refractivity contribution in [3.8, 4) is 0 Å². The molecule has 0 atom stereocenters. The number of halogens is 1. The summed E-state index contributed by atoms with van der Waals surface area (Å²) in [5.74, 6) is 3.75. The topological polar surface area (TPSA) is 75.6 Å². The highest BCUT2D eigenvalue weighted by Gasteiger charge is 2.19. The molecule has 0 saturated heterocycles. The molecule has 2 N–H and O–H groups in total. The van der Waals surface area contributed by atoms with Crippen molar-refractivity contribution in [3.63, 3.8) is 0 Å². The van der Waals surface area contributed by atoms with Crippen LogP contribution in [0.2, 0.25) is 0 Å². The van der Waals surface area contributed by atoms with Crippen molar-refractivity contribution in [2.75, 3.05) is 13.1 Å². The molecular weight excluding hydrogens is 443 g/mol. The second-order valence-corrected chi connectivity index (χ2v) is 7.56. The third-order valence-electron chi connectivity index (χ3n) is 3.59. The number of furan rings is 1. The van der Waals surface area contributed by atoms with Crippen LogP contribution < -0.4 is 10.6 Å². The molecule has 2 aromatic rings. The van der Waals surface area contributed by atoms with Crippen LogP contribution in [0.5, 0.6) is 0 Å². The van der Waals surface area contributed by atoms with Crippen LogP contribution in [-0.2, 0) is 18.4 Å². The number of rotatable bonds is 7. The fourth-order valence-corrected chi connectivity index (χ4v) is 2.11. The first-order chi connectivity index (χ1) is 11.8. The maximum absolute atomic E-state index is 5.80. The van der Waals surface area contributed by atoms with Gasteiger partial charge in [0.15, 0.2) is 5.96 Å². The molecule has 2 aromatic heterocycles. The quantitative estimate of drug-likeness (QED) is 0.359. The van der Waals surface area contributed by atoms with Gasteiger partial charge < -0.3 is 19.5 Å². The highest BCUT2D eigenvalue weighted by atomic mass is 127. The Morgan fingerprint density at radius 3 is 2.62 bits per heavy atom. The van der Waals surface area contributed by atoms with Gasteiger partial charge in [-0.25, -0.2) is 9.98 Å². The van der Waals surface area contributed by atoms with Crippen molar-refractivity contribution in [1.82, 2.24) is 15.6 Å². The minimum absolute atomic E-state index is 0. The summed E-state index contributed by atoms with van der Waals surface area (Å²) in [5.41, 5.74) is -0.0466. The Kier molecular flexibility index (Phi) is 9.18. The van der Waals surface area contributed by atoms with Crippen molar-refractivity contribution >= 4 is 29.9 Å². The van der Waals surface area contributed by atoms with E-state index in [2.05, 4.69) is 55.2 Å². The third kappa shape index (κ3) is 7.80. The molecule has 6 nitrogen and oxygen atoms in total. The van der Waals surface area contributed by atoms with Crippen molar-refractivity contribution < 1.29 is 8.83 Å². The van der Waals surface area contributed by atoms with Crippen LogP contribution in [0.4, 0.5) is 0 Å². The molecule has 0 amide bonds. The Bertz CT molecular complexity index is 657. The second-order valence-electron chi connectivity index (χ2n) is 7.56. The summed E-state index contributed by atoms with van der Waals surface area (Å²) in [5, 5.41) is 6.68. The maximum Gasteiger partial charge on any atom is 0.216 e. The SMILES string of the molecule is CC(C)CNC(=NCc1ncc(C(C)(C)C)o1)NCCc1ccco1.I. The number of hydrogen-bond donors (Lipinski definition) is 2. The fourth-order valence-electron chi connectivity index (χ4n) is 2.11. The van der Waals surface area contributed by atoms with E-state index >= 15 is 0 Å². The first-order valence-electron chi connectivity index (χ1n) is 8.84. The zero-order valence-corrected chi connectivity index (χ0v) is 18.7. The minimum atomic E-state index is -0.0466. The van der Waals surface area contributed by atoms with Gasteiger partial charge in [-0.1, -0.05) is 34.6 Å². The standard InChI is InChI=1S/C19H30N4O2.HI/c1-14(2)11-22-18(20-9-8-15-7-6-10-24-15)23-13-17-21-12-16(25-17)19(3,4)5;/h6-7,10,12,14H,8-9,11,13H2,1-5H3,(H2,20,22,23);1H. The summed E-state index contributed by atoms with van der Waals surface area (Å²) in [6.45, 7) is 12.6. The van der Waals surface area contributed by atoms with Crippen molar-refractivity contribution in [2.45, 2.75) is 53.0 Å². The molecule has 0 aliphatic heterocycles. The minimum Gasteiger partial charge on any atom is -0.469 e. The molecule has 0 aliphatic carbocycles. The van der Waals surface area contributed by atoms with Gasteiger partial charge in [-0.2, -0.15) is 0 Å². The molecule has 0 aliphatic rings. The van der Waals surface area contributed by atoms with E-state index in [1.807, 2.05) is 12.1 Å². The normalized spacial score (nSPS) is 12.2. The number of aromatic nitrogens is 1. The van der Waals surface area contributed by atoms with E-state index in [-0.39, 0.29) is 29.4 Å². The van der Waals surface area contributed by atoms with E-state index in [9.17, 15) is 0 Å². The third-order valence-corrected chi connectivity index (χ3v) is 3.59. The molecule has 2 rings (SSSR count). The average molecular weight is 474 g/mol. The average Bonchev–Trinajstić information content (AvgIpc) is 3.20. The van der Waals surface area contributed by atoms with E-state index in [4.69, 9.17) is 8.83 Å². The van der Waals surface area contributed by atoms with Crippen LogP contribution in [-0.4, -0.2) is 24.0 Å². The number of oxazole rings is 1. The van der Waals surface area contributed by atoms with Crippen molar-refractivity contribution in [1.29, 1.82) is 0 Å². The van der Waals surface area contributed by atoms with E-state index in [1.165, 1.54) is 0 Å². The first-order valence-corrected chi connectivity index (χ1v) is 8.84. The van der Waals surface area contributed by atoms with Gasteiger partial charge in [0.2, 0.25) is 5.89 Å². The number of hydrogen-bond acceptors (Lipinski definition) is 4. The van der Waals surface area contributed by atoms with Crippen molar-refractivity contribution in [3.05, 3.63) is 42.0 Å². The van der Waals surface area contributed by atoms with Gasteiger partial charge in [0.25, 0.3) is 0 Å². The van der Waals surface area contributed by atoms with Crippen LogP contribution in [0, 0.1) is 5.92 Å². The number of nitrogens with zero attached hydrogens (tertiary/aromatic N) is 2. The first kappa shape index (κ1) is 22.5. The van der Waals surface area contributed by atoms with Gasteiger partial charge in [0.1, 0.15) is 18.1 Å². The molecule has 0 bridgehead atoms. The van der Waals surface area contributed by atoms with Gasteiger partial charge >= 0.3 is 0 Å². The molecular formula is C19H31IN4O2. The zero-order chi connectivity index (χ0) is 18.3. The van der Waals surface area contributed by atoms with Crippen LogP contribution in [0.3, 0.4) is 0 Å². The summed E-state index contributed by atoms with van der Waals surface area (Å²) < 4.78 is 11.2. The lowest BCUT2D eigenvalue weighted by molar-refractivity contribution is 0.383. The smallest absolute Gasteiger partial charge is 0.216 e. The molecule has 146 valence electrons. The lowest BCUT2D eigenvalue weighted by Gasteiger charge is -2.14. The molecule has 0 saturated carbocycles. The van der Waals surface area contributed by atoms with E-state index in [0.717, 1.165) is 37.0 Å². The number of aliphatic imine (C=N–C) groups is 1. The summed E-state index contributed by atoms with van der Waals surface area (Å²) in [6, 6.07) is 3.87. The summed E-state index contributed by atoms with van der Waals surface area (Å²) in [6.07, 6.45) is 4.29. The Balaban J connectivity index is 0.00000338. The Labute approximate surface area is 173 Å². The van der Waals surface area contributed by atoms with E-state index in [0.29, 0.717) is 18.4 Å². The molecule has 0 radical (unpaired) electrons. The molecule has 2 heterocycles. The van der Waals surface area contributed by atoms with E-state index in [1.54, 1.807) is 12.5 Å². The summed E-state index contributed by atoms with van der Waals surface area (Å²) >= 11 is 0. The van der Waals surface area contributed by atoms with Gasteiger partial charge in [0, 0.05) is 24.9 Å². The Morgan fingerprint density at radius 1 is 1.27 bits per heavy atom. The number of nitrogens with one attached hydrogen (secondary N) is 2. The van der Waals surface area contributed by atoms with Crippen molar-refractivity contribution in [2.24, 2.45) is 10.9 Å². The Hall–Kier alpha value is -1.51. The van der Waals surface area contributed by atoms with Gasteiger partial charge in [-0.05, 0) is 18.1 Å². The number of guanidine groups is 1. The van der Waals surface area contributed by atoms with Crippen LogP contribution in [0.15, 0.2) is 38.4 Å². The summed E-state index contributed by atoms with van der Waals surface area (Å²) in [4.78, 5) is 8.91. The van der Waals surface area contributed by atoms with E-state index < -0.39 is 0 Å². The van der Waals surface area contributed by atoms with Gasteiger partial charge in [-0.3, -0.25) is 0 Å². The molecule has 7 heteroatoms. The lowest BCUT2D eigenvalue weighted by Crippen LogP contribution is -2.40. The highest BCUT2D eigenvalue weighted by molar-refractivity contribution is 14.0. The van der Waals surface area contributed by atoms with Gasteiger partial charge in [0.05, 0.1) is 12.5 Å². The maximum atomic E-state index is 5.80.